The van der Waals surface area contributed by atoms with Gasteiger partial charge in [-0.05, 0) is 56.3 Å². The van der Waals surface area contributed by atoms with Crippen LogP contribution in [0.15, 0.2) is 52.0 Å². The zero-order chi connectivity index (χ0) is 16.3. The third-order valence-electron chi connectivity index (χ3n) is 4.03. The van der Waals surface area contributed by atoms with Crippen molar-refractivity contribution in [2.75, 3.05) is 19.6 Å². The molecule has 1 atom stereocenters. The Kier molecular flexibility index (Phi) is 5.06. The molecule has 0 aliphatic carbocycles. The number of sulfonamides is 1. The van der Waals surface area contributed by atoms with E-state index in [0.29, 0.717) is 5.02 Å². The van der Waals surface area contributed by atoms with E-state index in [4.69, 9.17) is 16.0 Å². The summed E-state index contributed by atoms with van der Waals surface area (Å²) in [5, 5.41) is 0.398. The van der Waals surface area contributed by atoms with E-state index in [9.17, 15) is 8.42 Å². The van der Waals surface area contributed by atoms with E-state index in [2.05, 4.69) is 9.62 Å². The monoisotopic (exact) mass is 354 g/mol. The van der Waals surface area contributed by atoms with Gasteiger partial charge in [0.1, 0.15) is 5.76 Å². The van der Waals surface area contributed by atoms with E-state index in [1.807, 2.05) is 12.1 Å². The smallest absolute Gasteiger partial charge is 0.240 e. The van der Waals surface area contributed by atoms with Crippen LogP contribution in [0.3, 0.4) is 0 Å². The highest BCUT2D eigenvalue weighted by atomic mass is 35.5. The molecule has 124 valence electrons. The fourth-order valence-electron chi connectivity index (χ4n) is 2.85. The zero-order valence-corrected chi connectivity index (χ0v) is 14.2. The molecule has 1 fully saturated rings. The van der Waals surface area contributed by atoms with E-state index in [1.165, 1.54) is 12.1 Å². The first-order valence-corrected chi connectivity index (χ1v) is 9.45. The van der Waals surface area contributed by atoms with E-state index >= 15 is 0 Å². The number of rotatable bonds is 6. The maximum atomic E-state index is 12.5. The first kappa shape index (κ1) is 16.5. The molecule has 1 aliphatic rings. The van der Waals surface area contributed by atoms with Crippen LogP contribution in [0.4, 0.5) is 0 Å². The summed E-state index contributed by atoms with van der Waals surface area (Å²) in [6.07, 6.45) is 3.86. The lowest BCUT2D eigenvalue weighted by Crippen LogP contribution is -2.36. The fourth-order valence-corrected chi connectivity index (χ4v) is 4.19. The van der Waals surface area contributed by atoms with Gasteiger partial charge in [0, 0.05) is 11.6 Å². The van der Waals surface area contributed by atoms with Crippen molar-refractivity contribution in [3.63, 3.8) is 0 Å². The number of furan rings is 1. The van der Waals surface area contributed by atoms with Crippen LogP contribution in [0.2, 0.25) is 5.02 Å². The number of nitrogens with one attached hydrogen (secondary N) is 1. The second-order valence-corrected chi connectivity index (χ2v) is 7.79. The van der Waals surface area contributed by atoms with Gasteiger partial charge in [-0.3, -0.25) is 4.90 Å². The van der Waals surface area contributed by atoms with Gasteiger partial charge in [0.25, 0.3) is 0 Å². The molecule has 7 heteroatoms. The molecule has 2 aromatic rings. The van der Waals surface area contributed by atoms with Gasteiger partial charge in [-0.1, -0.05) is 17.7 Å². The van der Waals surface area contributed by atoms with Crippen LogP contribution in [0.25, 0.3) is 0 Å². The van der Waals surface area contributed by atoms with Crippen molar-refractivity contribution in [1.82, 2.24) is 9.62 Å². The number of halogens is 1. The van der Waals surface area contributed by atoms with Crippen molar-refractivity contribution in [2.45, 2.75) is 23.8 Å². The fraction of sp³-hybridized carbons (Fsp3) is 0.375. The Morgan fingerprint density at radius 3 is 2.65 bits per heavy atom. The Bertz CT molecular complexity index is 740. The molecule has 0 radical (unpaired) electrons. The third kappa shape index (κ3) is 3.95. The quantitative estimate of drug-likeness (QED) is 0.866. The van der Waals surface area contributed by atoms with E-state index < -0.39 is 10.0 Å². The summed E-state index contributed by atoms with van der Waals surface area (Å²) in [4.78, 5) is 2.42. The molecule has 0 bridgehead atoms. The summed E-state index contributed by atoms with van der Waals surface area (Å²) in [5.74, 6) is 0.778. The molecule has 1 aromatic carbocycles. The predicted molar refractivity (Wildman–Crippen MR) is 88.9 cm³/mol. The van der Waals surface area contributed by atoms with E-state index in [-0.39, 0.29) is 17.5 Å². The molecule has 1 saturated heterocycles. The third-order valence-corrected chi connectivity index (χ3v) is 5.68. The van der Waals surface area contributed by atoms with Crippen LogP contribution in [-0.2, 0) is 10.0 Å². The molecule has 1 aliphatic heterocycles. The Morgan fingerprint density at radius 1 is 1.22 bits per heavy atom. The van der Waals surface area contributed by atoms with Crippen LogP contribution in [0.5, 0.6) is 0 Å². The van der Waals surface area contributed by atoms with Gasteiger partial charge in [-0.2, -0.15) is 0 Å². The standard InChI is InChI=1S/C16H19ClN2O3S/c17-13-5-3-6-14(11-13)23(20,21)18-12-15(16-7-4-10-22-16)19-8-1-2-9-19/h3-7,10-11,15,18H,1-2,8-9,12H2/t15-/m0/s1. The van der Waals surface area contributed by atoms with Crippen molar-refractivity contribution in [3.8, 4) is 0 Å². The van der Waals surface area contributed by atoms with Crippen LogP contribution in [0, 0.1) is 0 Å². The van der Waals surface area contributed by atoms with Gasteiger partial charge in [-0.15, -0.1) is 0 Å². The van der Waals surface area contributed by atoms with Crippen molar-refractivity contribution in [3.05, 3.63) is 53.4 Å². The molecule has 0 saturated carbocycles. The Morgan fingerprint density at radius 2 is 2.00 bits per heavy atom. The van der Waals surface area contributed by atoms with Crippen LogP contribution in [0.1, 0.15) is 24.6 Å². The SMILES string of the molecule is O=S(=O)(NC[C@@H](c1ccco1)N1CCCC1)c1cccc(Cl)c1. The normalized spacial score (nSPS) is 17.4. The maximum absolute atomic E-state index is 12.5. The van der Waals surface area contributed by atoms with Crippen molar-refractivity contribution in [1.29, 1.82) is 0 Å². The molecular weight excluding hydrogens is 336 g/mol. The summed E-state index contributed by atoms with van der Waals surface area (Å²) in [5.41, 5.74) is 0. The number of hydrogen-bond donors (Lipinski definition) is 1. The number of likely N-dealkylation sites (tertiary alicyclic amines) is 1. The van der Waals surface area contributed by atoms with E-state index in [1.54, 1.807) is 18.4 Å². The summed E-state index contributed by atoms with van der Waals surface area (Å²) in [6, 6.07) is 9.87. The summed E-state index contributed by atoms with van der Waals surface area (Å²) in [7, 11) is -3.60. The van der Waals surface area contributed by atoms with E-state index in [0.717, 1.165) is 31.7 Å². The van der Waals surface area contributed by atoms with Gasteiger partial charge >= 0.3 is 0 Å². The first-order chi connectivity index (χ1) is 11.1. The molecule has 0 unspecified atom stereocenters. The Balaban J connectivity index is 1.76. The first-order valence-electron chi connectivity index (χ1n) is 7.59. The lowest BCUT2D eigenvalue weighted by molar-refractivity contribution is 0.216. The van der Waals surface area contributed by atoms with Crippen molar-refractivity contribution in [2.24, 2.45) is 0 Å². The van der Waals surface area contributed by atoms with Gasteiger partial charge < -0.3 is 4.42 Å². The molecule has 0 amide bonds. The average molecular weight is 355 g/mol. The highest BCUT2D eigenvalue weighted by Gasteiger charge is 2.27. The predicted octanol–water partition coefficient (Wildman–Crippen LogP) is 3.05. The second kappa shape index (κ2) is 7.05. The van der Waals surface area contributed by atoms with Crippen LogP contribution < -0.4 is 4.72 Å². The minimum absolute atomic E-state index is 0.0959. The van der Waals surface area contributed by atoms with Gasteiger partial charge in [0.2, 0.25) is 10.0 Å². The van der Waals surface area contributed by atoms with Crippen molar-refractivity contribution >= 4 is 21.6 Å². The number of benzene rings is 1. The highest BCUT2D eigenvalue weighted by Crippen LogP contribution is 2.25. The molecule has 23 heavy (non-hydrogen) atoms. The second-order valence-electron chi connectivity index (χ2n) is 5.58. The Labute approximate surface area is 141 Å². The minimum Gasteiger partial charge on any atom is -0.468 e. The molecular formula is C16H19ClN2O3S. The molecule has 1 N–H and O–H groups in total. The van der Waals surface area contributed by atoms with Gasteiger partial charge in [0.05, 0.1) is 17.2 Å². The van der Waals surface area contributed by atoms with Crippen molar-refractivity contribution < 1.29 is 12.8 Å². The molecule has 1 aromatic heterocycles. The zero-order valence-electron chi connectivity index (χ0n) is 12.6. The molecule has 3 rings (SSSR count). The van der Waals surface area contributed by atoms with Crippen LogP contribution in [-0.4, -0.2) is 33.0 Å². The summed E-state index contributed by atoms with van der Waals surface area (Å²) < 4.78 is 33.1. The molecule has 5 nitrogen and oxygen atoms in total. The molecule has 2 heterocycles. The number of hydrogen-bond acceptors (Lipinski definition) is 4. The molecule has 0 spiro atoms. The topological polar surface area (TPSA) is 62.6 Å². The lowest BCUT2D eigenvalue weighted by atomic mass is 10.2. The Hall–Kier alpha value is -1.34. The maximum Gasteiger partial charge on any atom is 0.240 e. The lowest BCUT2D eigenvalue weighted by Gasteiger charge is -2.25. The van der Waals surface area contributed by atoms with Gasteiger partial charge in [-0.25, -0.2) is 13.1 Å². The minimum atomic E-state index is -3.60. The highest BCUT2D eigenvalue weighted by molar-refractivity contribution is 7.89. The summed E-state index contributed by atoms with van der Waals surface area (Å²) >= 11 is 5.88. The number of nitrogens with zero attached hydrogens (tertiary/aromatic N) is 1. The summed E-state index contributed by atoms with van der Waals surface area (Å²) in [6.45, 7) is 2.16. The van der Waals surface area contributed by atoms with Crippen LogP contribution >= 0.6 is 11.6 Å². The van der Waals surface area contributed by atoms with Gasteiger partial charge in [0.15, 0.2) is 0 Å². The average Bonchev–Trinajstić information content (AvgIpc) is 3.21. The largest absolute Gasteiger partial charge is 0.468 e.